The highest BCUT2D eigenvalue weighted by Crippen LogP contribution is 2.39. The molecule has 0 aliphatic carbocycles. The first kappa shape index (κ1) is 18.3. The molecule has 1 aromatic heterocycles. The van der Waals surface area contributed by atoms with Crippen LogP contribution in [-0.4, -0.2) is 24.9 Å². The standard InChI is InChI=1S/C21H16N4O4/c1-27-19(26)8-4-6-15-14-5-2-3-7-16(14)23-21(15)20(24-25-22)13-9-10-17-18(11-13)29-12-28-17/h2-3,5,7,9-11,20,23H,6,12H2,1H3. The number of para-hydroxylation sites is 1. The third-order valence-corrected chi connectivity index (χ3v) is 4.64. The van der Waals surface area contributed by atoms with Gasteiger partial charge >= 0.3 is 5.97 Å². The Morgan fingerprint density at radius 2 is 2.14 bits per heavy atom. The Balaban J connectivity index is 1.83. The number of hydrogen-bond acceptors (Lipinski definition) is 5. The summed E-state index contributed by atoms with van der Waals surface area (Å²) in [6, 6.07) is 12.5. The second-order valence-corrected chi connectivity index (χ2v) is 6.25. The van der Waals surface area contributed by atoms with E-state index in [4.69, 9.17) is 9.47 Å². The quantitative estimate of drug-likeness (QED) is 0.182. The fraction of sp³-hybridized carbons (Fsp3) is 0.190. The Morgan fingerprint density at radius 3 is 2.97 bits per heavy atom. The molecule has 1 aliphatic heterocycles. The summed E-state index contributed by atoms with van der Waals surface area (Å²) in [5, 5.41) is 4.96. The number of rotatable bonds is 4. The number of hydrogen-bond donors (Lipinski definition) is 1. The van der Waals surface area contributed by atoms with Crippen molar-refractivity contribution >= 4 is 16.9 Å². The Hall–Kier alpha value is -4.08. The number of ether oxygens (including phenoxy) is 3. The van der Waals surface area contributed by atoms with E-state index in [2.05, 4.69) is 31.6 Å². The Bertz CT molecular complexity index is 1200. The van der Waals surface area contributed by atoms with Crippen molar-refractivity contribution in [3.8, 4) is 23.3 Å². The van der Waals surface area contributed by atoms with Crippen LogP contribution in [0.2, 0.25) is 0 Å². The number of aromatic nitrogens is 1. The number of nitrogens with one attached hydrogen (secondary N) is 1. The summed E-state index contributed by atoms with van der Waals surface area (Å²) in [6.45, 7) is 0.158. The molecule has 1 aliphatic rings. The predicted octanol–water partition coefficient (Wildman–Crippen LogP) is 4.02. The van der Waals surface area contributed by atoms with Crippen LogP contribution in [0.25, 0.3) is 21.3 Å². The molecule has 0 radical (unpaired) electrons. The monoisotopic (exact) mass is 388 g/mol. The van der Waals surface area contributed by atoms with E-state index in [-0.39, 0.29) is 13.2 Å². The summed E-state index contributed by atoms with van der Waals surface area (Å²) in [4.78, 5) is 17.7. The number of aromatic amines is 1. The number of carbonyl (C=O) groups is 1. The molecular weight excluding hydrogens is 372 g/mol. The first-order valence-electron chi connectivity index (χ1n) is 8.81. The molecule has 8 heteroatoms. The van der Waals surface area contributed by atoms with Crippen molar-refractivity contribution in [1.29, 1.82) is 0 Å². The summed E-state index contributed by atoms with van der Waals surface area (Å²) in [5.41, 5.74) is 12.4. The van der Waals surface area contributed by atoms with Crippen LogP contribution in [0.1, 0.15) is 22.9 Å². The number of benzene rings is 2. The van der Waals surface area contributed by atoms with Gasteiger partial charge in [0.15, 0.2) is 11.5 Å². The van der Waals surface area contributed by atoms with Crippen molar-refractivity contribution in [2.24, 2.45) is 5.11 Å². The van der Waals surface area contributed by atoms with Crippen LogP contribution in [0.5, 0.6) is 11.5 Å². The first-order valence-corrected chi connectivity index (χ1v) is 8.81. The first-order chi connectivity index (χ1) is 14.2. The summed E-state index contributed by atoms with van der Waals surface area (Å²) in [7, 11) is 1.28. The van der Waals surface area contributed by atoms with Crippen LogP contribution in [-0.2, 0) is 16.0 Å². The summed E-state index contributed by atoms with van der Waals surface area (Å²) < 4.78 is 15.4. The van der Waals surface area contributed by atoms with Crippen molar-refractivity contribution in [3.63, 3.8) is 0 Å². The molecule has 0 bridgehead atoms. The minimum atomic E-state index is -0.628. The average Bonchev–Trinajstić information content (AvgIpc) is 3.36. The molecule has 0 saturated carbocycles. The lowest BCUT2D eigenvalue weighted by atomic mass is 9.98. The van der Waals surface area contributed by atoms with Crippen LogP contribution >= 0.6 is 0 Å². The third-order valence-electron chi connectivity index (χ3n) is 4.64. The molecule has 1 N–H and O–H groups in total. The van der Waals surface area contributed by atoms with Crippen molar-refractivity contribution in [1.82, 2.24) is 4.98 Å². The summed E-state index contributed by atoms with van der Waals surface area (Å²) in [5.74, 6) is 5.92. The van der Waals surface area contributed by atoms with E-state index in [0.29, 0.717) is 17.2 Å². The van der Waals surface area contributed by atoms with E-state index in [1.54, 1.807) is 12.1 Å². The molecule has 8 nitrogen and oxygen atoms in total. The maximum absolute atomic E-state index is 11.4. The van der Waals surface area contributed by atoms with Gasteiger partial charge < -0.3 is 19.2 Å². The van der Waals surface area contributed by atoms with E-state index in [1.807, 2.05) is 30.3 Å². The molecule has 0 spiro atoms. The number of methoxy groups -OCH3 is 1. The number of carbonyl (C=O) groups excluding carboxylic acids is 1. The number of azide groups is 1. The highest BCUT2D eigenvalue weighted by atomic mass is 16.7. The summed E-state index contributed by atoms with van der Waals surface area (Å²) in [6.07, 6.45) is 0.288. The van der Waals surface area contributed by atoms with Crippen molar-refractivity contribution in [2.75, 3.05) is 13.9 Å². The van der Waals surface area contributed by atoms with Gasteiger partial charge in [-0.2, -0.15) is 0 Å². The van der Waals surface area contributed by atoms with Crippen molar-refractivity contribution < 1.29 is 19.0 Å². The van der Waals surface area contributed by atoms with Gasteiger partial charge in [0.25, 0.3) is 0 Å². The lowest BCUT2D eigenvalue weighted by Gasteiger charge is -2.13. The van der Waals surface area contributed by atoms with Crippen molar-refractivity contribution in [3.05, 3.63) is 69.7 Å². The maximum Gasteiger partial charge on any atom is 0.384 e. The Labute approximate surface area is 166 Å². The zero-order valence-electron chi connectivity index (χ0n) is 15.5. The molecule has 3 aromatic rings. The van der Waals surface area contributed by atoms with Gasteiger partial charge in [0.2, 0.25) is 6.79 Å². The van der Waals surface area contributed by atoms with Gasteiger partial charge in [-0.15, -0.1) is 0 Å². The molecule has 29 heavy (non-hydrogen) atoms. The largest absolute Gasteiger partial charge is 0.459 e. The van der Waals surface area contributed by atoms with Crippen LogP contribution in [0, 0.1) is 11.8 Å². The minimum absolute atomic E-state index is 0.158. The molecule has 1 unspecified atom stereocenters. The van der Waals surface area contributed by atoms with Crippen LogP contribution in [0.15, 0.2) is 47.6 Å². The molecule has 144 valence electrons. The fourth-order valence-corrected chi connectivity index (χ4v) is 3.33. The average molecular weight is 388 g/mol. The second kappa shape index (κ2) is 7.89. The number of nitrogens with zero attached hydrogens (tertiary/aromatic N) is 3. The van der Waals surface area contributed by atoms with E-state index < -0.39 is 12.0 Å². The molecule has 0 saturated heterocycles. The van der Waals surface area contributed by atoms with E-state index in [9.17, 15) is 10.3 Å². The maximum atomic E-state index is 11.4. The minimum Gasteiger partial charge on any atom is -0.459 e. The van der Waals surface area contributed by atoms with Crippen LogP contribution < -0.4 is 9.47 Å². The number of H-pyrrole nitrogens is 1. The van der Waals surface area contributed by atoms with E-state index >= 15 is 0 Å². The van der Waals surface area contributed by atoms with Crippen LogP contribution in [0.4, 0.5) is 0 Å². The van der Waals surface area contributed by atoms with Gasteiger partial charge in [-0.05, 0) is 34.9 Å². The molecule has 0 fully saturated rings. The SMILES string of the molecule is COC(=O)C#CCc1c(C(N=[N+]=[N-])c2ccc3c(c2)OCO3)[nH]c2ccccc12. The van der Waals surface area contributed by atoms with E-state index in [0.717, 1.165) is 22.0 Å². The number of fused-ring (bicyclic) bond motifs is 2. The zero-order valence-corrected chi connectivity index (χ0v) is 15.5. The lowest BCUT2D eigenvalue weighted by Crippen LogP contribution is -2.02. The summed E-state index contributed by atoms with van der Waals surface area (Å²) >= 11 is 0. The Kier molecular flexibility index (Phi) is 4.97. The topological polar surface area (TPSA) is 109 Å². The van der Waals surface area contributed by atoms with Crippen LogP contribution in [0.3, 0.4) is 0 Å². The van der Waals surface area contributed by atoms with Gasteiger partial charge in [0, 0.05) is 33.8 Å². The highest BCUT2D eigenvalue weighted by Gasteiger charge is 2.23. The molecule has 2 heterocycles. The van der Waals surface area contributed by atoms with Gasteiger partial charge in [-0.3, -0.25) is 0 Å². The molecule has 1 atom stereocenters. The van der Waals surface area contributed by atoms with Gasteiger partial charge in [0.1, 0.15) is 6.04 Å². The Morgan fingerprint density at radius 1 is 1.31 bits per heavy atom. The lowest BCUT2D eigenvalue weighted by molar-refractivity contribution is -0.133. The highest BCUT2D eigenvalue weighted by molar-refractivity contribution is 5.89. The molecular formula is C21H16N4O4. The number of esters is 1. The van der Waals surface area contributed by atoms with Gasteiger partial charge in [0.05, 0.1) is 7.11 Å². The normalized spacial score (nSPS) is 12.6. The second-order valence-electron chi connectivity index (χ2n) is 6.25. The molecule has 4 rings (SSSR count). The fourth-order valence-electron chi connectivity index (χ4n) is 3.33. The third kappa shape index (κ3) is 3.55. The molecule has 2 aromatic carbocycles. The van der Waals surface area contributed by atoms with E-state index in [1.165, 1.54) is 7.11 Å². The smallest absolute Gasteiger partial charge is 0.384 e. The van der Waals surface area contributed by atoms with Gasteiger partial charge in [-0.25, -0.2) is 4.79 Å². The molecule has 0 amide bonds. The predicted molar refractivity (Wildman–Crippen MR) is 105 cm³/mol. The zero-order chi connectivity index (χ0) is 20.2. The van der Waals surface area contributed by atoms with Gasteiger partial charge in [-0.1, -0.05) is 35.3 Å². The van der Waals surface area contributed by atoms with Crippen molar-refractivity contribution in [2.45, 2.75) is 12.5 Å².